The van der Waals surface area contributed by atoms with E-state index in [0.717, 1.165) is 22.9 Å². The van der Waals surface area contributed by atoms with Gasteiger partial charge in [0.05, 0.1) is 24.9 Å². The highest BCUT2D eigenvalue weighted by molar-refractivity contribution is 7.09. The summed E-state index contributed by atoms with van der Waals surface area (Å²) < 4.78 is 5.30. The number of carbonyl (C=O) groups excluding carboxylic acids is 9. The van der Waals surface area contributed by atoms with Crippen molar-refractivity contribution in [2.75, 3.05) is 26.8 Å². The van der Waals surface area contributed by atoms with Gasteiger partial charge in [-0.1, -0.05) is 58.7 Å². The summed E-state index contributed by atoms with van der Waals surface area (Å²) in [7, 11) is 1.39. The number of benzene rings is 1. The number of amides is 8. The molecule has 8 atom stereocenters. The largest absolute Gasteiger partial charge is 0.382 e. The van der Waals surface area contributed by atoms with Crippen molar-refractivity contribution in [2.24, 2.45) is 11.8 Å². The summed E-state index contributed by atoms with van der Waals surface area (Å²) in [5.41, 5.74) is 1.29. The zero-order chi connectivity index (χ0) is 47.8. The third-order valence-corrected chi connectivity index (χ3v) is 11.6. The molecule has 350 valence electrons. The molecule has 8 amide bonds. The van der Waals surface area contributed by atoms with E-state index in [0.29, 0.717) is 34.5 Å². The first-order valence-electron chi connectivity index (χ1n) is 20.9. The third kappa shape index (κ3) is 14.1. The monoisotopic (exact) mass is 920 g/mol. The molecular formula is C43H56N10O11S. The first-order valence-corrected chi connectivity index (χ1v) is 21.8. The van der Waals surface area contributed by atoms with E-state index in [1.54, 1.807) is 51.4 Å². The lowest BCUT2D eigenvalue weighted by Gasteiger charge is -2.28. The normalized spacial score (nSPS) is 22.3. The van der Waals surface area contributed by atoms with Crippen LogP contribution in [0.1, 0.15) is 69.8 Å². The van der Waals surface area contributed by atoms with Gasteiger partial charge in [0.15, 0.2) is 0 Å². The predicted molar refractivity (Wildman–Crippen MR) is 239 cm³/mol. The van der Waals surface area contributed by atoms with E-state index in [-0.39, 0.29) is 18.7 Å². The van der Waals surface area contributed by atoms with Crippen molar-refractivity contribution in [3.05, 3.63) is 63.9 Å². The van der Waals surface area contributed by atoms with Crippen molar-refractivity contribution in [3.8, 4) is 0 Å². The van der Waals surface area contributed by atoms with Gasteiger partial charge in [-0.15, -0.1) is 11.3 Å². The van der Waals surface area contributed by atoms with Crippen LogP contribution in [0, 0.1) is 11.8 Å². The number of rotatable bonds is 14. The Hall–Kier alpha value is -6.78. The number of ketones is 1. The Morgan fingerprint density at radius 1 is 0.985 bits per heavy atom. The lowest BCUT2D eigenvalue weighted by atomic mass is 9.94. The molecule has 3 aromatic rings. The van der Waals surface area contributed by atoms with Crippen molar-refractivity contribution in [3.63, 3.8) is 0 Å². The number of nitrogens with zero attached hydrogens (tertiary/aromatic N) is 1. The number of aliphatic hydroxyl groups excluding tert-OH is 1. The van der Waals surface area contributed by atoms with Crippen molar-refractivity contribution in [1.29, 1.82) is 0 Å². The lowest BCUT2D eigenvalue weighted by molar-refractivity contribution is -0.142. The molecule has 0 radical (unpaired) electrons. The smallest absolute Gasteiger partial charge is 0.290 e. The summed E-state index contributed by atoms with van der Waals surface area (Å²) in [6.07, 6.45) is 4.79. The second-order valence-electron chi connectivity index (χ2n) is 15.4. The highest BCUT2D eigenvalue weighted by atomic mass is 32.1. The van der Waals surface area contributed by atoms with E-state index < -0.39 is 108 Å². The Morgan fingerprint density at radius 2 is 1.72 bits per heavy atom. The Bertz CT molecular complexity index is 2290. The van der Waals surface area contributed by atoms with Crippen molar-refractivity contribution >= 4 is 87.9 Å². The number of aromatic nitrogens is 2. The standard InChI is InChI=1S/C43H56N10O11S/c1-7-22(3)34-36(57)42(63)51-31(19-64-6)43-48-26(20-65-43)13-14-33(56)49-29(15-25-16-45-28-12-10-9-11-27(25)28)38(59)46-17-30(39(60)47-24(5)37(58)52-34)50-41(62)35(23(4)8-2)53-40(61)32(55)18-44-21-54/h9-16,20-24,30-32,34-35,45,55H,7-8,17-19H2,1-6H3,(H,44,54)(H,46,59)(H,47,60)(H,49,56)(H,50,62)(H,51,63)(H,52,58)(H,53,61)/b14-13+,29-15-/t22?,23?,24-,30-,31-,32+,34+,35-/m0/s1. The summed E-state index contributed by atoms with van der Waals surface area (Å²) in [5.74, 6) is -8.54. The molecule has 0 saturated carbocycles. The number of hydrogen-bond donors (Lipinski definition) is 10. The van der Waals surface area contributed by atoms with Gasteiger partial charge in [0.2, 0.25) is 35.8 Å². The van der Waals surface area contributed by atoms with Crippen LogP contribution in [0.2, 0.25) is 0 Å². The minimum Gasteiger partial charge on any atom is -0.382 e. The Kier molecular flexibility index (Phi) is 19.0. The maximum absolute atomic E-state index is 14.1. The molecule has 4 rings (SSSR count). The SMILES string of the molecule is CCC(C)[C@H](NC(=O)[C@H](O)CNC=O)C(=O)N[C@H]1CNC(=O)/C(=C/c2c[nH]c3ccccc23)NC(=O)/C=C/c2csc(n2)[C@H](COC)NC(=O)C(=O)[C@@H](C(C)CC)NC(=O)[C@H](C)NC1=O. The second kappa shape index (κ2) is 24.3. The molecule has 3 heterocycles. The summed E-state index contributed by atoms with van der Waals surface area (Å²) in [6, 6.07) is 0.593. The molecule has 1 aromatic carbocycles. The van der Waals surface area contributed by atoms with Gasteiger partial charge in [0.1, 0.15) is 41.0 Å². The van der Waals surface area contributed by atoms with Crippen LogP contribution < -0.4 is 42.5 Å². The molecule has 0 aliphatic carbocycles. The Morgan fingerprint density at radius 3 is 2.42 bits per heavy atom. The maximum atomic E-state index is 14.1. The highest BCUT2D eigenvalue weighted by Crippen LogP contribution is 2.22. The number of nitrogens with one attached hydrogen (secondary N) is 9. The van der Waals surface area contributed by atoms with Crippen molar-refractivity contribution in [2.45, 2.75) is 83.8 Å². The van der Waals surface area contributed by atoms with E-state index in [2.05, 4.69) is 52.5 Å². The highest BCUT2D eigenvalue weighted by Gasteiger charge is 2.36. The number of aromatic amines is 1. The van der Waals surface area contributed by atoms with Crippen LogP contribution in [0.4, 0.5) is 0 Å². The van der Waals surface area contributed by atoms with Crippen molar-refractivity contribution < 1.29 is 53.0 Å². The molecule has 65 heavy (non-hydrogen) atoms. The molecule has 21 nitrogen and oxygen atoms in total. The van der Waals surface area contributed by atoms with Gasteiger partial charge in [-0.05, 0) is 37.0 Å². The fourth-order valence-corrected chi connectivity index (χ4v) is 7.26. The third-order valence-electron chi connectivity index (χ3n) is 10.7. The van der Waals surface area contributed by atoms with Gasteiger partial charge in [0, 0.05) is 47.8 Å². The molecule has 0 saturated heterocycles. The van der Waals surface area contributed by atoms with Gasteiger partial charge in [-0.2, -0.15) is 0 Å². The maximum Gasteiger partial charge on any atom is 0.290 e. The average Bonchev–Trinajstić information content (AvgIpc) is 3.95. The Labute approximate surface area is 378 Å². The van der Waals surface area contributed by atoms with Gasteiger partial charge in [-0.3, -0.25) is 43.2 Å². The topological polar surface area (TPSA) is 308 Å². The summed E-state index contributed by atoms with van der Waals surface area (Å²) in [4.78, 5) is 128. The number of H-pyrrole nitrogens is 1. The van der Waals surface area contributed by atoms with E-state index in [4.69, 9.17) is 4.74 Å². The van der Waals surface area contributed by atoms with Gasteiger partial charge in [-0.25, -0.2) is 4.98 Å². The van der Waals surface area contributed by atoms with E-state index >= 15 is 0 Å². The van der Waals surface area contributed by atoms with Crippen LogP contribution in [0.25, 0.3) is 23.1 Å². The van der Waals surface area contributed by atoms with Crippen LogP contribution in [-0.2, 0) is 47.9 Å². The van der Waals surface area contributed by atoms with Crippen LogP contribution in [0.15, 0.2) is 47.6 Å². The van der Waals surface area contributed by atoms with Crippen LogP contribution in [-0.4, -0.2) is 126 Å². The van der Waals surface area contributed by atoms with Crippen LogP contribution >= 0.6 is 11.3 Å². The second-order valence-corrected chi connectivity index (χ2v) is 16.3. The number of thiazole rings is 1. The number of methoxy groups -OCH3 is 1. The average molecular weight is 921 g/mol. The number of para-hydroxylation sites is 1. The van der Waals surface area contributed by atoms with E-state index in [9.17, 15) is 48.3 Å². The zero-order valence-corrected chi connectivity index (χ0v) is 37.6. The minimum atomic E-state index is -1.73. The molecule has 0 fully saturated rings. The Balaban J connectivity index is 1.77. The lowest BCUT2D eigenvalue weighted by Crippen LogP contribution is -2.61. The number of hydrogen-bond acceptors (Lipinski definition) is 13. The summed E-state index contributed by atoms with van der Waals surface area (Å²) in [6.45, 7) is 6.92. The number of Topliss-reactive ketones (excluding diaryl/α,β-unsaturated/α-hetero) is 1. The van der Waals surface area contributed by atoms with Crippen molar-refractivity contribution in [1.82, 2.24) is 52.5 Å². The molecule has 22 heteroatoms. The molecular weight excluding hydrogens is 865 g/mol. The van der Waals surface area contributed by atoms with Gasteiger partial charge in [0.25, 0.3) is 17.7 Å². The summed E-state index contributed by atoms with van der Waals surface area (Å²) >= 11 is 1.13. The van der Waals surface area contributed by atoms with Gasteiger partial charge >= 0.3 is 0 Å². The van der Waals surface area contributed by atoms with E-state index in [1.165, 1.54) is 26.2 Å². The van der Waals surface area contributed by atoms with Crippen LogP contribution in [0.3, 0.4) is 0 Å². The van der Waals surface area contributed by atoms with Crippen LogP contribution in [0.5, 0.6) is 0 Å². The molecule has 2 aromatic heterocycles. The zero-order valence-electron chi connectivity index (χ0n) is 36.8. The molecule has 1 aliphatic rings. The number of fused-ring (bicyclic) bond motifs is 3. The molecule has 1 aliphatic heterocycles. The molecule has 2 bridgehead atoms. The predicted octanol–water partition coefficient (Wildman–Crippen LogP) is -0.544. The number of ether oxygens (including phenoxy) is 1. The first-order chi connectivity index (χ1) is 31.0. The quantitative estimate of drug-likeness (QED) is 0.0554. The van der Waals surface area contributed by atoms with Gasteiger partial charge < -0.3 is 57.4 Å². The fourth-order valence-electron chi connectivity index (χ4n) is 6.44. The number of carbonyl (C=O) groups is 9. The summed E-state index contributed by atoms with van der Waals surface area (Å²) in [5, 5.41) is 32.9. The first kappa shape index (κ1) is 50.9. The molecule has 2 unspecified atom stereocenters. The molecule has 10 N–H and O–H groups in total. The number of aliphatic hydroxyl groups is 1. The van der Waals surface area contributed by atoms with E-state index in [1.807, 2.05) is 12.1 Å². The molecule has 0 spiro atoms. The fraction of sp³-hybridized carbons (Fsp3) is 0.442. The minimum absolute atomic E-state index is 0.0836.